The quantitative estimate of drug-likeness (QED) is 0.777. The molecule has 0 aliphatic carbocycles. The second-order valence-corrected chi connectivity index (χ2v) is 3.22. The first-order valence-corrected chi connectivity index (χ1v) is 4.41. The molecule has 0 spiro atoms. The molecule has 0 saturated heterocycles. The molecule has 0 amide bonds. The Morgan fingerprint density at radius 1 is 1.40 bits per heavy atom. The van der Waals surface area contributed by atoms with Crippen molar-refractivity contribution in [2.24, 2.45) is 0 Å². The Morgan fingerprint density at radius 3 is 2.67 bits per heavy atom. The first-order chi connectivity index (χ1) is 7.08. The maximum Gasteiger partial charge on any atom is 0.287 e. The van der Waals surface area contributed by atoms with Crippen molar-refractivity contribution < 1.29 is 8.81 Å². The van der Waals surface area contributed by atoms with Gasteiger partial charge >= 0.3 is 0 Å². The average molecular weight is 208 g/mol. The van der Waals surface area contributed by atoms with Gasteiger partial charge in [-0.3, -0.25) is 4.79 Å². The Hall–Kier alpha value is -1.91. The zero-order chi connectivity index (χ0) is 11.0. The molecule has 2 heterocycles. The molecule has 1 N–H and O–H groups in total. The normalized spacial score (nSPS) is 10.6. The van der Waals surface area contributed by atoms with E-state index < -0.39 is 11.4 Å². The van der Waals surface area contributed by atoms with Crippen molar-refractivity contribution in [1.29, 1.82) is 0 Å². The van der Waals surface area contributed by atoms with Crippen LogP contribution in [-0.4, -0.2) is 9.97 Å². The lowest BCUT2D eigenvalue weighted by Crippen LogP contribution is -2.15. The summed E-state index contributed by atoms with van der Waals surface area (Å²) in [5, 5.41) is 0. The number of aromatic amines is 1. The maximum atomic E-state index is 13.0. The lowest BCUT2D eigenvalue weighted by atomic mass is 10.3. The summed E-state index contributed by atoms with van der Waals surface area (Å²) in [5.74, 6) is 0.511. The summed E-state index contributed by atoms with van der Waals surface area (Å²) in [5.41, 5.74) is -0.727. The van der Waals surface area contributed by atoms with Crippen LogP contribution in [0.2, 0.25) is 0 Å². The number of halogens is 1. The van der Waals surface area contributed by atoms with Gasteiger partial charge in [0.15, 0.2) is 11.6 Å². The number of furan rings is 1. The molecular weight excluding hydrogens is 199 g/mol. The van der Waals surface area contributed by atoms with E-state index in [1.165, 1.54) is 6.92 Å². The SMILES string of the molecule is Cc1ccc(-c2nc(C)c(F)c(=O)[nH]2)o1. The second kappa shape index (κ2) is 3.34. The van der Waals surface area contributed by atoms with Gasteiger partial charge in [0.05, 0.1) is 5.69 Å². The highest BCUT2D eigenvalue weighted by molar-refractivity contribution is 5.46. The third-order valence-electron chi connectivity index (χ3n) is 2.00. The number of H-pyrrole nitrogens is 1. The summed E-state index contributed by atoms with van der Waals surface area (Å²) in [4.78, 5) is 17.3. The van der Waals surface area contributed by atoms with Gasteiger partial charge in [0.1, 0.15) is 5.76 Å². The highest BCUT2D eigenvalue weighted by Crippen LogP contribution is 2.17. The molecular formula is C10H9FN2O2. The Morgan fingerprint density at radius 2 is 2.13 bits per heavy atom. The summed E-state index contributed by atoms with van der Waals surface area (Å²) < 4.78 is 18.3. The highest BCUT2D eigenvalue weighted by atomic mass is 19.1. The van der Waals surface area contributed by atoms with E-state index in [1.807, 2.05) is 0 Å². The zero-order valence-corrected chi connectivity index (χ0v) is 8.30. The van der Waals surface area contributed by atoms with E-state index in [-0.39, 0.29) is 11.5 Å². The average Bonchev–Trinajstić information content (AvgIpc) is 2.60. The molecule has 0 radical (unpaired) electrons. The highest BCUT2D eigenvalue weighted by Gasteiger charge is 2.10. The minimum atomic E-state index is -0.859. The minimum Gasteiger partial charge on any atom is -0.458 e. The van der Waals surface area contributed by atoms with Crippen molar-refractivity contribution in [3.8, 4) is 11.6 Å². The summed E-state index contributed by atoms with van der Waals surface area (Å²) in [6.07, 6.45) is 0. The molecule has 0 saturated carbocycles. The molecule has 2 aromatic rings. The first kappa shape index (κ1) is 9.64. The van der Waals surface area contributed by atoms with E-state index in [9.17, 15) is 9.18 Å². The van der Waals surface area contributed by atoms with Gasteiger partial charge in [-0.25, -0.2) is 4.98 Å². The van der Waals surface area contributed by atoms with Crippen LogP contribution in [-0.2, 0) is 0 Å². The second-order valence-electron chi connectivity index (χ2n) is 3.22. The van der Waals surface area contributed by atoms with E-state index in [4.69, 9.17) is 4.42 Å². The number of hydrogen-bond donors (Lipinski definition) is 1. The van der Waals surface area contributed by atoms with E-state index in [0.717, 1.165) is 0 Å². The molecule has 0 atom stereocenters. The fourth-order valence-electron chi connectivity index (χ4n) is 1.25. The summed E-state index contributed by atoms with van der Waals surface area (Å²) in [6, 6.07) is 3.42. The molecule has 2 aromatic heterocycles. The van der Waals surface area contributed by atoms with Gasteiger partial charge in [-0.1, -0.05) is 0 Å². The number of nitrogens with zero attached hydrogens (tertiary/aromatic N) is 1. The largest absolute Gasteiger partial charge is 0.458 e. The molecule has 78 valence electrons. The molecule has 4 nitrogen and oxygen atoms in total. The number of aromatic nitrogens is 2. The van der Waals surface area contributed by atoms with Crippen LogP contribution in [0.1, 0.15) is 11.5 Å². The van der Waals surface area contributed by atoms with E-state index in [2.05, 4.69) is 9.97 Å². The predicted octanol–water partition coefficient (Wildman–Crippen LogP) is 1.79. The van der Waals surface area contributed by atoms with Crippen LogP contribution in [0, 0.1) is 19.7 Å². The molecule has 0 aromatic carbocycles. The summed E-state index contributed by atoms with van der Waals surface area (Å²) in [6.45, 7) is 3.21. The standard InChI is InChI=1S/C10H9FN2O2/c1-5-3-4-7(15-5)9-12-6(2)8(11)10(14)13-9/h3-4H,1-2H3,(H,12,13,14). The summed E-state index contributed by atoms with van der Waals surface area (Å²) in [7, 11) is 0. The fraction of sp³-hybridized carbons (Fsp3) is 0.200. The molecule has 15 heavy (non-hydrogen) atoms. The Balaban J connectivity index is 2.60. The predicted molar refractivity (Wildman–Crippen MR) is 52.0 cm³/mol. The Bertz CT molecular complexity index is 557. The van der Waals surface area contributed by atoms with Gasteiger partial charge in [-0.2, -0.15) is 4.39 Å². The van der Waals surface area contributed by atoms with Crippen LogP contribution in [0.5, 0.6) is 0 Å². The number of nitrogens with one attached hydrogen (secondary N) is 1. The molecule has 0 fully saturated rings. The Labute approximate surface area is 84.8 Å². The van der Waals surface area contributed by atoms with Crippen LogP contribution < -0.4 is 5.56 Å². The third kappa shape index (κ3) is 1.68. The molecule has 5 heteroatoms. The monoisotopic (exact) mass is 208 g/mol. The molecule has 0 bridgehead atoms. The van der Waals surface area contributed by atoms with Gasteiger partial charge in [0.2, 0.25) is 5.82 Å². The van der Waals surface area contributed by atoms with Crippen LogP contribution in [0.3, 0.4) is 0 Å². The van der Waals surface area contributed by atoms with Crippen LogP contribution in [0.15, 0.2) is 21.3 Å². The smallest absolute Gasteiger partial charge is 0.287 e. The van der Waals surface area contributed by atoms with E-state index in [1.54, 1.807) is 19.1 Å². The van der Waals surface area contributed by atoms with Crippen molar-refractivity contribution in [1.82, 2.24) is 9.97 Å². The first-order valence-electron chi connectivity index (χ1n) is 4.41. The van der Waals surface area contributed by atoms with Gasteiger partial charge in [0, 0.05) is 0 Å². The van der Waals surface area contributed by atoms with Crippen molar-refractivity contribution in [2.45, 2.75) is 13.8 Å². The molecule has 0 aliphatic heterocycles. The lowest BCUT2D eigenvalue weighted by molar-refractivity contribution is 0.539. The van der Waals surface area contributed by atoms with Crippen molar-refractivity contribution >= 4 is 0 Å². The third-order valence-corrected chi connectivity index (χ3v) is 2.00. The summed E-state index contributed by atoms with van der Waals surface area (Å²) >= 11 is 0. The maximum absolute atomic E-state index is 13.0. The zero-order valence-electron chi connectivity index (χ0n) is 8.30. The number of hydrogen-bond acceptors (Lipinski definition) is 3. The van der Waals surface area contributed by atoms with Crippen LogP contribution in [0.4, 0.5) is 4.39 Å². The van der Waals surface area contributed by atoms with Gasteiger partial charge in [-0.05, 0) is 26.0 Å². The van der Waals surface area contributed by atoms with Gasteiger partial charge in [-0.15, -0.1) is 0 Å². The minimum absolute atomic E-state index is 0.0582. The van der Waals surface area contributed by atoms with E-state index >= 15 is 0 Å². The van der Waals surface area contributed by atoms with Gasteiger partial charge in [0.25, 0.3) is 5.56 Å². The van der Waals surface area contributed by atoms with Crippen molar-refractivity contribution in [3.05, 3.63) is 39.8 Å². The molecule has 2 rings (SSSR count). The van der Waals surface area contributed by atoms with Crippen LogP contribution >= 0.6 is 0 Å². The van der Waals surface area contributed by atoms with E-state index in [0.29, 0.717) is 11.5 Å². The topological polar surface area (TPSA) is 58.9 Å². The molecule has 0 aliphatic rings. The molecule has 0 unspecified atom stereocenters. The number of rotatable bonds is 1. The van der Waals surface area contributed by atoms with Gasteiger partial charge < -0.3 is 9.40 Å². The van der Waals surface area contributed by atoms with Crippen LogP contribution in [0.25, 0.3) is 11.6 Å². The fourth-order valence-corrected chi connectivity index (χ4v) is 1.25. The lowest BCUT2D eigenvalue weighted by Gasteiger charge is -1.98. The van der Waals surface area contributed by atoms with Crippen molar-refractivity contribution in [2.75, 3.05) is 0 Å². The Kier molecular flexibility index (Phi) is 2.15. The van der Waals surface area contributed by atoms with Crippen molar-refractivity contribution in [3.63, 3.8) is 0 Å². The number of aryl methyl sites for hydroxylation is 2.